The van der Waals surface area contributed by atoms with Crippen molar-refractivity contribution < 1.29 is 0 Å². The van der Waals surface area contributed by atoms with Crippen molar-refractivity contribution in [1.82, 2.24) is 0 Å². The molecule has 3 rings (SSSR count). The third kappa shape index (κ3) is 1.33. The Hall–Kier alpha value is -0.610. The highest BCUT2D eigenvalue weighted by Gasteiger charge is 2.27. The fourth-order valence-electron chi connectivity index (χ4n) is 2.65. The predicted octanol–water partition coefficient (Wildman–Crippen LogP) is 3.64. The molecule has 1 fully saturated rings. The van der Waals surface area contributed by atoms with Crippen LogP contribution in [0.4, 0.5) is 0 Å². The van der Waals surface area contributed by atoms with E-state index in [9.17, 15) is 0 Å². The van der Waals surface area contributed by atoms with Gasteiger partial charge in [-0.15, -0.1) is 8.58 Å². The molecule has 0 amide bonds. The van der Waals surface area contributed by atoms with Crippen molar-refractivity contribution in [3.8, 4) is 0 Å². The molecule has 2 aliphatic rings. The Labute approximate surface area is 87.2 Å². The Kier molecular flexibility index (Phi) is 2.18. The second kappa shape index (κ2) is 3.51. The van der Waals surface area contributed by atoms with Crippen LogP contribution in [-0.4, -0.2) is 11.8 Å². The van der Waals surface area contributed by atoms with E-state index in [2.05, 4.69) is 36.4 Å². The number of benzene rings is 1. The molecular formula is C13H15P. The van der Waals surface area contributed by atoms with Gasteiger partial charge in [-0.05, 0) is 35.8 Å². The molecular weight excluding hydrogens is 187 g/mol. The zero-order valence-corrected chi connectivity index (χ0v) is 9.24. The van der Waals surface area contributed by atoms with Crippen LogP contribution in [0.5, 0.6) is 0 Å². The average molecular weight is 202 g/mol. The van der Waals surface area contributed by atoms with Crippen molar-refractivity contribution in [1.29, 1.82) is 0 Å². The third-order valence-corrected chi connectivity index (χ3v) is 5.18. The van der Waals surface area contributed by atoms with Crippen molar-refractivity contribution in [2.75, 3.05) is 6.16 Å². The second-order valence-corrected chi connectivity index (χ2v) is 5.87. The number of hydrogen-bond acceptors (Lipinski definition) is 0. The molecule has 1 aromatic carbocycles. The molecule has 0 N–H and O–H groups in total. The van der Waals surface area contributed by atoms with Crippen LogP contribution in [0.3, 0.4) is 0 Å². The highest BCUT2D eigenvalue weighted by molar-refractivity contribution is 7.39. The lowest BCUT2D eigenvalue weighted by Crippen LogP contribution is -2.07. The minimum atomic E-state index is 0.743. The molecule has 0 aromatic heterocycles. The maximum atomic E-state index is 2.42. The van der Waals surface area contributed by atoms with Gasteiger partial charge < -0.3 is 0 Å². The first-order chi connectivity index (χ1) is 6.95. The first-order valence-corrected chi connectivity index (χ1v) is 6.74. The summed E-state index contributed by atoms with van der Waals surface area (Å²) in [5.74, 6) is 0.743. The normalized spacial score (nSPS) is 31.1. The van der Waals surface area contributed by atoms with Crippen molar-refractivity contribution in [3.63, 3.8) is 0 Å². The first-order valence-electron chi connectivity index (χ1n) is 5.46. The summed E-state index contributed by atoms with van der Waals surface area (Å²) < 4.78 is 0. The highest BCUT2D eigenvalue weighted by Crippen LogP contribution is 2.45. The molecule has 1 aromatic rings. The van der Waals surface area contributed by atoms with Gasteiger partial charge in [0.25, 0.3) is 0 Å². The molecule has 0 spiro atoms. The van der Waals surface area contributed by atoms with Crippen LogP contribution in [-0.2, 0) is 0 Å². The molecule has 1 aliphatic carbocycles. The largest absolute Gasteiger partial charge is 0.118 e. The van der Waals surface area contributed by atoms with E-state index in [0.29, 0.717) is 0 Å². The molecule has 0 nitrogen and oxygen atoms in total. The number of allylic oxidation sites excluding steroid dienone is 1. The predicted molar refractivity (Wildman–Crippen MR) is 64.4 cm³/mol. The van der Waals surface area contributed by atoms with Crippen molar-refractivity contribution in [2.24, 2.45) is 0 Å². The van der Waals surface area contributed by atoms with Gasteiger partial charge in [-0.1, -0.05) is 36.4 Å². The summed E-state index contributed by atoms with van der Waals surface area (Å²) in [6.45, 7) is 0. The van der Waals surface area contributed by atoms with Crippen molar-refractivity contribution >= 4 is 14.7 Å². The van der Waals surface area contributed by atoms with E-state index in [0.717, 1.165) is 11.6 Å². The summed E-state index contributed by atoms with van der Waals surface area (Å²) in [4.78, 5) is 0. The summed E-state index contributed by atoms with van der Waals surface area (Å²) in [5.41, 5.74) is 3.98. The summed E-state index contributed by atoms with van der Waals surface area (Å²) in [5, 5.41) is 0. The number of rotatable bonds is 1. The van der Waals surface area contributed by atoms with Gasteiger partial charge in [0.05, 0.1) is 0 Å². The van der Waals surface area contributed by atoms with Crippen LogP contribution in [0, 0.1) is 0 Å². The zero-order valence-electron chi connectivity index (χ0n) is 8.24. The van der Waals surface area contributed by atoms with Gasteiger partial charge in [0.2, 0.25) is 0 Å². The Morgan fingerprint density at radius 1 is 1.21 bits per heavy atom. The molecule has 1 heteroatoms. The fraction of sp³-hybridized carbons (Fsp3) is 0.385. The number of hydrogen-bond donors (Lipinski definition) is 0. The summed E-state index contributed by atoms with van der Waals surface area (Å²) in [6.07, 6.45) is 9.10. The topological polar surface area (TPSA) is 0 Å². The molecule has 72 valence electrons. The van der Waals surface area contributed by atoms with Crippen molar-refractivity contribution in [3.05, 3.63) is 41.5 Å². The third-order valence-electron chi connectivity index (χ3n) is 3.37. The number of fused-ring (bicyclic) bond motifs is 1. The highest BCUT2D eigenvalue weighted by atomic mass is 31.1. The maximum absolute atomic E-state index is 2.42. The SMILES string of the molecule is C1=CC(C2CCCP2)c2ccccc21. The lowest BCUT2D eigenvalue weighted by molar-refractivity contribution is 0.720. The van der Waals surface area contributed by atoms with Crippen LogP contribution in [0.15, 0.2) is 30.3 Å². The zero-order chi connectivity index (χ0) is 9.38. The molecule has 0 saturated carbocycles. The van der Waals surface area contributed by atoms with Crippen LogP contribution in [0.2, 0.25) is 0 Å². The summed E-state index contributed by atoms with van der Waals surface area (Å²) in [7, 11) is 1.19. The van der Waals surface area contributed by atoms with Crippen LogP contribution >= 0.6 is 8.58 Å². The van der Waals surface area contributed by atoms with Crippen LogP contribution in [0.25, 0.3) is 6.08 Å². The second-order valence-electron chi connectivity index (χ2n) is 4.22. The smallest absolute Gasteiger partial charge is 0.00924 e. The Morgan fingerprint density at radius 3 is 3.00 bits per heavy atom. The summed E-state index contributed by atoms with van der Waals surface area (Å²) in [6, 6.07) is 8.87. The lowest BCUT2D eigenvalue weighted by Gasteiger charge is -2.17. The molecule has 1 aliphatic heterocycles. The van der Waals surface area contributed by atoms with Gasteiger partial charge in [0, 0.05) is 5.92 Å². The minimum Gasteiger partial charge on any atom is -0.118 e. The quantitative estimate of drug-likeness (QED) is 0.610. The van der Waals surface area contributed by atoms with Gasteiger partial charge in [-0.2, -0.15) is 0 Å². The Balaban J connectivity index is 1.93. The maximum Gasteiger partial charge on any atom is 0.00924 e. The van der Waals surface area contributed by atoms with E-state index < -0.39 is 0 Å². The lowest BCUT2D eigenvalue weighted by atomic mass is 9.95. The Bertz CT molecular complexity index is 361. The van der Waals surface area contributed by atoms with E-state index in [1.165, 1.54) is 33.1 Å². The molecule has 1 saturated heterocycles. The summed E-state index contributed by atoms with van der Waals surface area (Å²) >= 11 is 0. The van der Waals surface area contributed by atoms with Gasteiger partial charge >= 0.3 is 0 Å². The van der Waals surface area contributed by atoms with E-state index in [1.807, 2.05) is 0 Å². The monoisotopic (exact) mass is 202 g/mol. The van der Waals surface area contributed by atoms with E-state index in [-0.39, 0.29) is 0 Å². The molecule has 3 unspecified atom stereocenters. The Morgan fingerprint density at radius 2 is 2.14 bits per heavy atom. The molecule has 1 heterocycles. The average Bonchev–Trinajstić information content (AvgIpc) is 2.85. The van der Waals surface area contributed by atoms with E-state index in [4.69, 9.17) is 0 Å². The van der Waals surface area contributed by atoms with Gasteiger partial charge in [0.15, 0.2) is 0 Å². The molecule has 0 radical (unpaired) electrons. The minimum absolute atomic E-state index is 0.743. The van der Waals surface area contributed by atoms with E-state index in [1.54, 1.807) is 5.56 Å². The van der Waals surface area contributed by atoms with Crippen LogP contribution < -0.4 is 0 Å². The molecule has 14 heavy (non-hydrogen) atoms. The van der Waals surface area contributed by atoms with Gasteiger partial charge in [0.1, 0.15) is 0 Å². The molecule has 0 bridgehead atoms. The fourth-order valence-corrected chi connectivity index (χ4v) is 4.38. The van der Waals surface area contributed by atoms with Crippen molar-refractivity contribution in [2.45, 2.75) is 24.4 Å². The standard InChI is InChI=1S/C13H15P/c1-2-5-11-10(4-1)7-8-12(11)13-6-3-9-14-13/h1-2,4-5,7-8,12-14H,3,6,9H2. The van der Waals surface area contributed by atoms with E-state index >= 15 is 0 Å². The van der Waals surface area contributed by atoms with Gasteiger partial charge in [-0.25, -0.2) is 0 Å². The molecule has 3 atom stereocenters. The first kappa shape index (κ1) is 8.68. The van der Waals surface area contributed by atoms with Crippen LogP contribution in [0.1, 0.15) is 29.9 Å². The van der Waals surface area contributed by atoms with Gasteiger partial charge in [-0.3, -0.25) is 0 Å².